The summed E-state index contributed by atoms with van der Waals surface area (Å²) in [5.41, 5.74) is 3.73. The Morgan fingerprint density at radius 1 is 1.00 bits per heavy atom. The Balaban J connectivity index is 2.14. The number of ketones is 2. The third kappa shape index (κ3) is 4.54. The number of fused-ring (bicyclic) bond motifs is 3. The Bertz CT molecular complexity index is 1210. The highest BCUT2D eigenvalue weighted by Gasteiger charge is 2.21. The molecule has 1 amide bonds. The number of ether oxygens (including phenoxy) is 1. The van der Waals surface area contributed by atoms with E-state index in [2.05, 4.69) is 4.57 Å². The van der Waals surface area contributed by atoms with Crippen LogP contribution in [0.25, 0.3) is 21.8 Å². The van der Waals surface area contributed by atoms with Crippen LogP contribution in [0.1, 0.15) is 67.8 Å². The van der Waals surface area contributed by atoms with Gasteiger partial charge in [0.1, 0.15) is 5.60 Å². The first kappa shape index (κ1) is 23.5. The lowest BCUT2D eigenvalue weighted by molar-refractivity contribution is 0.0294. The Labute approximate surface area is 189 Å². The van der Waals surface area contributed by atoms with Gasteiger partial charge in [-0.3, -0.25) is 9.59 Å². The van der Waals surface area contributed by atoms with Crippen molar-refractivity contribution in [1.29, 1.82) is 0 Å². The molecule has 2 aromatic carbocycles. The maximum atomic E-state index is 12.4. The highest BCUT2D eigenvalue weighted by Crippen LogP contribution is 2.35. The third-order valence-corrected chi connectivity index (χ3v) is 5.64. The van der Waals surface area contributed by atoms with Gasteiger partial charge >= 0.3 is 6.09 Å². The van der Waals surface area contributed by atoms with Crippen molar-refractivity contribution in [2.45, 2.75) is 60.1 Å². The summed E-state index contributed by atoms with van der Waals surface area (Å²) < 4.78 is 7.62. The first-order valence-electron chi connectivity index (χ1n) is 11.0. The van der Waals surface area contributed by atoms with Crippen LogP contribution >= 0.6 is 0 Å². The lowest BCUT2D eigenvalue weighted by Gasteiger charge is -2.25. The summed E-state index contributed by atoms with van der Waals surface area (Å²) in [6.07, 6.45) is 0.332. The number of benzene rings is 2. The van der Waals surface area contributed by atoms with Crippen molar-refractivity contribution in [3.63, 3.8) is 0 Å². The second-order valence-electron chi connectivity index (χ2n) is 9.24. The van der Waals surface area contributed by atoms with E-state index in [1.165, 1.54) is 0 Å². The van der Waals surface area contributed by atoms with Gasteiger partial charge in [0.25, 0.3) is 0 Å². The van der Waals surface area contributed by atoms with Gasteiger partial charge in [-0.05, 0) is 76.9 Å². The molecule has 0 saturated carbocycles. The van der Waals surface area contributed by atoms with Gasteiger partial charge in [-0.1, -0.05) is 6.92 Å². The molecule has 0 N–H and O–H groups in total. The van der Waals surface area contributed by atoms with Crippen molar-refractivity contribution in [2.24, 2.45) is 0 Å². The Hall–Kier alpha value is -3.15. The molecule has 3 rings (SSSR count). The number of rotatable bonds is 6. The number of Topliss-reactive ketones (excluding diaryl/α,β-unsaturated/α-hetero) is 2. The molecule has 6 heteroatoms. The zero-order valence-electron chi connectivity index (χ0n) is 20.0. The van der Waals surface area contributed by atoms with E-state index in [1.54, 1.807) is 25.8 Å². The van der Waals surface area contributed by atoms with Gasteiger partial charge in [0.15, 0.2) is 11.6 Å². The molecule has 0 radical (unpaired) electrons. The fourth-order valence-electron chi connectivity index (χ4n) is 4.10. The third-order valence-electron chi connectivity index (χ3n) is 5.64. The van der Waals surface area contributed by atoms with Crippen LogP contribution in [-0.4, -0.2) is 46.3 Å². The van der Waals surface area contributed by atoms with E-state index in [1.807, 2.05) is 58.0 Å². The molecule has 3 aromatic rings. The standard InChI is InChI=1S/C26H32N2O4/c1-8-19-20(17(3)30)10-12-23-24(19)21-15-18(16(2)29)9-11-22(21)28(23)14-13-27(7)25(31)32-26(4,5)6/h9-12,15H,8,13-14H2,1-7H3. The predicted molar refractivity (Wildman–Crippen MR) is 128 cm³/mol. The van der Waals surface area contributed by atoms with E-state index in [0.717, 1.165) is 27.4 Å². The van der Waals surface area contributed by atoms with Crippen molar-refractivity contribution < 1.29 is 19.1 Å². The molecule has 0 aliphatic carbocycles. The van der Waals surface area contributed by atoms with Crippen molar-refractivity contribution in [3.05, 3.63) is 47.0 Å². The molecule has 0 aliphatic rings. The normalized spacial score (nSPS) is 11.7. The molecule has 0 bridgehead atoms. The largest absolute Gasteiger partial charge is 0.444 e. The zero-order valence-corrected chi connectivity index (χ0v) is 20.0. The lowest BCUT2D eigenvalue weighted by atomic mass is 9.96. The highest BCUT2D eigenvalue weighted by atomic mass is 16.6. The molecule has 0 spiro atoms. The average Bonchev–Trinajstić information content (AvgIpc) is 3.02. The van der Waals surface area contributed by atoms with Crippen molar-refractivity contribution in [2.75, 3.05) is 13.6 Å². The molecule has 0 unspecified atom stereocenters. The molecule has 6 nitrogen and oxygen atoms in total. The average molecular weight is 437 g/mol. The molecule has 170 valence electrons. The van der Waals surface area contributed by atoms with E-state index < -0.39 is 5.60 Å². The van der Waals surface area contributed by atoms with E-state index in [-0.39, 0.29) is 17.7 Å². The van der Waals surface area contributed by atoms with E-state index in [0.29, 0.717) is 30.6 Å². The maximum Gasteiger partial charge on any atom is 0.410 e. The maximum absolute atomic E-state index is 12.4. The Kier molecular flexibility index (Phi) is 6.44. The molecule has 0 aliphatic heterocycles. The van der Waals surface area contributed by atoms with Gasteiger partial charge in [-0.2, -0.15) is 0 Å². The number of aryl methyl sites for hydroxylation is 1. The first-order chi connectivity index (χ1) is 14.9. The molecular formula is C26H32N2O4. The van der Waals surface area contributed by atoms with Gasteiger partial charge in [-0.15, -0.1) is 0 Å². The SMILES string of the molecule is CCc1c(C(C)=O)ccc2c1c1cc(C(C)=O)ccc1n2CCN(C)C(=O)OC(C)(C)C. The smallest absolute Gasteiger partial charge is 0.410 e. The topological polar surface area (TPSA) is 68.6 Å². The fraction of sp³-hybridized carbons (Fsp3) is 0.423. The first-order valence-corrected chi connectivity index (χ1v) is 11.0. The minimum atomic E-state index is -0.555. The number of nitrogens with zero attached hydrogens (tertiary/aromatic N) is 2. The van der Waals surface area contributed by atoms with E-state index in [9.17, 15) is 14.4 Å². The van der Waals surface area contributed by atoms with Crippen LogP contribution in [-0.2, 0) is 17.7 Å². The molecular weight excluding hydrogens is 404 g/mol. The van der Waals surface area contributed by atoms with Crippen LogP contribution in [0.5, 0.6) is 0 Å². The molecule has 0 fully saturated rings. The van der Waals surface area contributed by atoms with Crippen LogP contribution in [0.15, 0.2) is 30.3 Å². The predicted octanol–water partition coefficient (Wildman–Crippen LogP) is 5.63. The molecule has 32 heavy (non-hydrogen) atoms. The van der Waals surface area contributed by atoms with Crippen LogP contribution in [0, 0.1) is 0 Å². The number of hydrogen-bond acceptors (Lipinski definition) is 4. The van der Waals surface area contributed by atoms with Crippen molar-refractivity contribution >= 4 is 39.5 Å². The second kappa shape index (κ2) is 8.77. The monoisotopic (exact) mass is 436 g/mol. The summed E-state index contributed by atoms with van der Waals surface area (Å²) in [6.45, 7) is 11.7. The number of amides is 1. The van der Waals surface area contributed by atoms with Gasteiger partial charge in [0.05, 0.1) is 0 Å². The molecule has 1 aromatic heterocycles. The van der Waals surface area contributed by atoms with Crippen LogP contribution in [0.4, 0.5) is 4.79 Å². The molecule has 0 saturated heterocycles. The number of hydrogen-bond donors (Lipinski definition) is 0. The summed E-state index contributed by atoms with van der Waals surface area (Å²) in [7, 11) is 1.72. The summed E-state index contributed by atoms with van der Waals surface area (Å²) in [5, 5.41) is 1.95. The van der Waals surface area contributed by atoms with Crippen molar-refractivity contribution in [1.82, 2.24) is 9.47 Å². The van der Waals surface area contributed by atoms with E-state index in [4.69, 9.17) is 4.74 Å². The van der Waals surface area contributed by atoms with Crippen LogP contribution in [0.2, 0.25) is 0 Å². The van der Waals surface area contributed by atoms with Gasteiger partial charge in [-0.25, -0.2) is 4.79 Å². The van der Waals surface area contributed by atoms with Gasteiger partial charge < -0.3 is 14.2 Å². The van der Waals surface area contributed by atoms with Crippen LogP contribution < -0.4 is 0 Å². The summed E-state index contributed by atoms with van der Waals surface area (Å²) in [5.74, 6) is 0.0234. The Morgan fingerprint density at radius 2 is 1.66 bits per heavy atom. The summed E-state index contributed by atoms with van der Waals surface area (Å²) in [6, 6.07) is 9.53. The lowest BCUT2D eigenvalue weighted by Crippen LogP contribution is -2.35. The number of carbonyl (C=O) groups excluding carboxylic acids is 3. The number of carbonyl (C=O) groups is 3. The minimum Gasteiger partial charge on any atom is -0.444 e. The number of aromatic nitrogens is 1. The number of likely N-dealkylation sites (N-methyl/N-ethyl adjacent to an activating group) is 1. The highest BCUT2D eigenvalue weighted by molar-refractivity contribution is 6.14. The van der Waals surface area contributed by atoms with Crippen molar-refractivity contribution in [3.8, 4) is 0 Å². The Morgan fingerprint density at radius 3 is 2.22 bits per heavy atom. The fourth-order valence-corrected chi connectivity index (χ4v) is 4.10. The summed E-state index contributed by atoms with van der Waals surface area (Å²) in [4.78, 5) is 38.3. The quantitative estimate of drug-likeness (QED) is 0.470. The van der Waals surface area contributed by atoms with E-state index >= 15 is 0 Å². The van der Waals surface area contributed by atoms with Gasteiger partial charge in [0.2, 0.25) is 0 Å². The minimum absolute atomic E-state index is 0.00164. The second-order valence-corrected chi connectivity index (χ2v) is 9.24. The molecule has 0 atom stereocenters. The molecule has 1 heterocycles. The zero-order chi connectivity index (χ0) is 23.8. The van der Waals surface area contributed by atoms with Gasteiger partial charge in [0, 0.05) is 53.1 Å². The van der Waals surface area contributed by atoms with Crippen LogP contribution in [0.3, 0.4) is 0 Å². The summed E-state index contributed by atoms with van der Waals surface area (Å²) >= 11 is 0.